The molecule has 0 saturated heterocycles. The van der Waals surface area contributed by atoms with E-state index in [9.17, 15) is 9.59 Å². The van der Waals surface area contributed by atoms with Gasteiger partial charge in [-0.05, 0) is 43.3 Å². The summed E-state index contributed by atoms with van der Waals surface area (Å²) in [6.45, 7) is 5.92. The molecule has 0 unspecified atom stereocenters. The maximum Gasteiger partial charge on any atom is 0.243 e. The van der Waals surface area contributed by atoms with Gasteiger partial charge in [-0.2, -0.15) is 16.3 Å². The summed E-state index contributed by atoms with van der Waals surface area (Å²) in [5, 5.41) is 10.7. The maximum atomic E-state index is 12.4. The van der Waals surface area contributed by atoms with Crippen molar-refractivity contribution in [1.29, 1.82) is 0 Å². The molecular weight excluding hydrogens is 388 g/mol. The molecule has 0 radical (unpaired) electrons. The summed E-state index contributed by atoms with van der Waals surface area (Å²) in [6, 6.07) is 5.95. The highest BCUT2D eigenvalue weighted by molar-refractivity contribution is 7.08. The zero-order valence-electron chi connectivity index (χ0n) is 17.0. The van der Waals surface area contributed by atoms with E-state index in [1.165, 1.54) is 4.90 Å². The van der Waals surface area contributed by atoms with Crippen LogP contribution in [0, 0.1) is 20.8 Å². The number of rotatable bonds is 7. The van der Waals surface area contributed by atoms with Crippen molar-refractivity contribution in [2.45, 2.75) is 33.6 Å². The molecule has 0 atom stereocenters. The number of aromatic nitrogens is 2. The van der Waals surface area contributed by atoms with E-state index in [4.69, 9.17) is 4.52 Å². The van der Waals surface area contributed by atoms with Crippen LogP contribution < -0.4 is 5.32 Å². The average molecular weight is 413 g/mol. The molecule has 1 N–H and O–H groups in total. The van der Waals surface area contributed by atoms with Crippen LogP contribution in [-0.4, -0.2) is 40.4 Å². The predicted molar refractivity (Wildman–Crippen MR) is 113 cm³/mol. The molecule has 1 aromatic carbocycles. The predicted octanol–water partition coefficient (Wildman–Crippen LogP) is 3.75. The van der Waals surface area contributed by atoms with Gasteiger partial charge in [0.05, 0.1) is 6.54 Å². The van der Waals surface area contributed by atoms with Gasteiger partial charge in [0.1, 0.15) is 0 Å². The van der Waals surface area contributed by atoms with Crippen molar-refractivity contribution >= 4 is 28.8 Å². The molecule has 29 heavy (non-hydrogen) atoms. The number of likely N-dealkylation sites (N-methyl/N-ethyl adjacent to an activating group) is 1. The molecule has 3 aromatic rings. The lowest BCUT2D eigenvalue weighted by molar-refractivity contribution is -0.133. The van der Waals surface area contributed by atoms with Gasteiger partial charge in [0.15, 0.2) is 0 Å². The van der Waals surface area contributed by atoms with Gasteiger partial charge in [0, 0.05) is 36.5 Å². The molecule has 3 rings (SSSR count). The van der Waals surface area contributed by atoms with Crippen molar-refractivity contribution in [2.75, 3.05) is 18.9 Å². The Hall–Kier alpha value is -3.00. The zero-order valence-corrected chi connectivity index (χ0v) is 17.8. The number of carbonyl (C=O) groups excluding carboxylic acids is 2. The summed E-state index contributed by atoms with van der Waals surface area (Å²) in [4.78, 5) is 30.5. The smallest absolute Gasteiger partial charge is 0.243 e. The third-order valence-electron chi connectivity index (χ3n) is 4.55. The van der Waals surface area contributed by atoms with Crippen LogP contribution in [0.1, 0.15) is 29.0 Å². The quantitative estimate of drug-likeness (QED) is 0.638. The van der Waals surface area contributed by atoms with E-state index in [-0.39, 0.29) is 24.8 Å². The SMILES string of the molecule is Cc1cc(C)c(NC(=O)CN(C)C(=O)CCc2nc(-c3ccsc3)no2)c(C)c1. The molecule has 0 aliphatic heterocycles. The van der Waals surface area contributed by atoms with Gasteiger partial charge in [-0.25, -0.2) is 0 Å². The molecule has 2 aromatic heterocycles. The fourth-order valence-electron chi connectivity index (χ4n) is 3.13. The second kappa shape index (κ2) is 9.00. The van der Waals surface area contributed by atoms with Crippen molar-refractivity contribution in [3.63, 3.8) is 0 Å². The number of nitrogens with zero attached hydrogens (tertiary/aromatic N) is 3. The molecule has 0 aliphatic carbocycles. The molecule has 8 heteroatoms. The Morgan fingerprint density at radius 2 is 1.93 bits per heavy atom. The molecule has 0 bridgehead atoms. The summed E-state index contributed by atoms with van der Waals surface area (Å²) in [5.41, 5.74) is 4.85. The van der Waals surface area contributed by atoms with Crippen molar-refractivity contribution in [1.82, 2.24) is 15.0 Å². The minimum Gasteiger partial charge on any atom is -0.339 e. The molecule has 0 spiro atoms. The molecule has 2 heterocycles. The number of anilines is 1. The number of nitrogens with one attached hydrogen (secondary N) is 1. The Morgan fingerprint density at radius 1 is 1.21 bits per heavy atom. The van der Waals surface area contributed by atoms with E-state index < -0.39 is 0 Å². The monoisotopic (exact) mass is 412 g/mol. The van der Waals surface area contributed by atoms with Crippen LogP contribution >= 0.6 is 11.3 Å². The largest absolute Gasteiger partial charge is 0.339 e. The molecule has 2 amide bonds. The summed E-state index contributed by atoms with van der Waals surface area (Å²) in [7, 11) is 1.61. The lowest BCUT2D eigenvalue weighted by Gasteiger charge is -2.18. The lowest BCUT2D eigenvalue weighted by atomic mass is 10.1. The fraction of sp³-hybridized carbons (Fsp3) is 0.333. The topological polar surface area (TPSA) is 88.3 Å². The van der Waals surface area contributed by atoms with Crippen molar-refractivity contribution in [3.8, 4) is 11.4 Å². The van der Waals surface area contributed by atoms with Crippen LogP contribution in [0.25, 0.3) is 11.4 Å². The first-order valence-electron chi connectivity index (χ1n) is 9.30. The summed E-state index contributed by atoms with van der Waals surface area (Å²) in [6.07, 6.45) is 0.524. The summed E-state index contributed by atoms with van der Waals surface area (Å²) < 4.78 is 5.21. The zero-order chi connectivity index (χ0) is 21.0. The Labute approximate surface area is 173 Å². The Kier molecular flexibility index (Phi) is 6.43. The first kappa shape index (κ1) is 20.7. The normalized spacial score (nSPS) is 10.8. The van der Waals surface area contributed by atoms with Crippen molar-refractivity contribution in [3.05, 3.63) is 51.5 Å². The number of aryl methyl sites for hydroxylation is 4. The maximum absolute atomic E-state index is 12.4. The van der Waals surface area contributed by atoms with Gasteiger partial charge in [0.2, 0.25) is 23.5 Å². The third kappa shape index (κ3) is 5.29. The van der Waals surface area contributed by atoms with E-state index >= 15 is 0 Å². The van der Waals surface area contributed by atoms with E-state index in [0.29, 0.717) is 18.1 Å². The summed E-state index contributed by atoms with van der Waals surface area (Å²) >= 11 is 1.55. The number of carbonyl (C=O) groups is 2. The highest BCUT2D eigenvalue weighted by atomic mass is 32.1. The molecule has 152 valence electrons. The number of benzene rings is 1. The van der Waals surface area contributed by atoms with Gasteiger partial charge in [0.25, 0.3) is 0 Å². The van der Waals surface area contributed by atoms with Gasteiger partial charge in [-0.15, -0.1) is 0 Å². The van der Waals surface area contributed by atoms with Gasteiger partial charge in [-0.1, -0.05) is 22.9 Å². The van der Waals surface area contributed by atoms with Crippen LogP contribution in [-0.2, 0) is 16.0 Å². The second-order valence-electron chi connectivity index (χ2n) is 7.10. The van der Waals surface area contributed by atoms with Gasteiger partial charge < -0.3 is 14.7 Å². The Bertz CT molecular complexity index is 988. The third-order valence-corrected chi connectivity index (χ3v) is 5.23. The molecular formula is C21H24N4O3S. The minimum atomic E-state index is -0.228. The van der Waals surface area contributed by atoms with Crippen molar-refractivity contribution in [2.24, 2.45) is 0 Å². The number of hydrogen-bond donors (Lipinski definition) is 1. The van der Waals surface area contributed by atoms with E-state index in [0.717, 1.165) is 27.9 Å². The Balaban J connectivity index is 1.51. The molecule has 0 aliphatic rings. The highest BCUT2D eigenvalue weighted by Crippen LogP contribution is 2.22. The van der Waals surface area contributed by atoms with Crippen LogP contribution in [0.2, 0.25) is 0 Å². The van der Waals surface area contributed by atoms with E-state index in [1.807, 2.05) is 49.7 Å². The first-order valence-corrected chi connectivity index (χ1v) is 10.2. The lowest BCUT2D eigenvalue weighted by Crippen LogP contribution is -2.35. The first-order chi connectivity index (χ1) is 13.8. The number of thiophene rings is 1. The Morgan fingerprint density at radius 3 is 2.59 bits per heavy atom. The molecule has 7 nitrogen and oxygen atoms in total. The summed E-state index contributed by atoms with van der Waals surface area (Å²) in [5.74, 6) is 0.537. The second-order valence-corrected chi connectivity index (χ2v) is 7.88. The average Bonchev–Trinajstić information content (AvgIpc) is 3.33. The molecule has 0 fully saturated rings. The standard InChI is InChI=1S/C21H24N4O3S/c1-13-9-14(2)20(15(3)10-13)22-17(26)11-25(4)19(27)6-5-18-23-21(24-28-18)16-7-8-29-12-16/h7-10,12H,5-6,11H2,1-4H3,(H,22,26). The van der Waals surface area contributed by atoms with Crippen LogP contribution in [0.5, 0.6) is 0 Å². The van der Waals surface area contributed by atoms with Crippen LogP contribution in [0.4, 0.5) is 5.69 Å². The van der Waals surface area contributed by atoms with Crippen LogP contribution in [0.15, 0.2) is 33.5 Å². The van der Waals surface area contributed by atoms with Crippen molar-refractivity contribution < 1.29 is 14.1 Å². The van der Waals surface area contributed by atoms with Crippen LogP contribution in [0.3, 0.4) is 0 Å². The number of hydrogen-bond acceptors (Lipinski definition) is 6. The highest BCUT2D eigenvalue weighted by Gasteiger charge is 2.16. The van der Waals surface area contributed by atoms with Gasteiger partial charge in [-0.3, -0.25) is 9.59 Å². The van der Waals surface area contributed by atoms with E-state index in [1.54, 1.807) is 18.4 Å². The fourth-order valence-corrected chi connectivity index (χ4v) is 3.76. The molecule has 0 saturated carbocycles. The number of amides is 2. The minimum absolute atomic E-state index is 0.0183. The van der Waals surface area contributed by atoms with E-state index in [2.05, 4.69) is 15.5 Å². The van der Waals surface area contributed by atoms with Gasteiger partial charge >= 0.3 is 0 Å².